The predicted molar refractivity (Wildman–Crippen MR) is 117 cm³/mol. The third kappa shape index (κ3) is 7.04. The van der Waals surface area contributed by atoms with Crippen LogP contribution < -0.4 is 0 Å². The molecule has 0 atom stereocenters. The van der Waals surface area contributed by atoms with Crippen molar-refractivity contribution in [2.45, 2.75) is 71.1 Å². The van der Waals surface area contributed by atoms with E-state index in [4.69, 9.17) is 0 Å². The van der Waals surface area contributed by atoms with Crippen LogP contribution in [0.15, 0.2) is 42.5 Å². The van der Waals surface area contributed by atoms with Gasteiger partial charge in [-0.3, -0.25) is 0 Å². The lowest BCUT2D eigenvalue weighted by atomic mass is 9.94. The van der Waals surface area contributed by atoms with Crippen molar-refractivity contribution in [1.29, 1.82) is 0 Å². The largest absolute Gasteiger partial charge is 0.478 e. The van der Waals surface area contributed by atoms with Crippen molar-refractivity contribution >= 4 is 11.9 Å². The van der Waals surface area contributed by atoms with E-state index in [1.165, 1.54) is 63.0 Å². The highest BCUT2D eigenvalue weighted by molar-refractivity contribution is 6.06. The van der Waals surface area contributed by atoms with E-state index in [-0.39, 0.29) is 11.1 Å². The Balaban J connectivity index is 1.89. The molecule has 2 aromatic carbocycles. The molecule has 2 rings (SSSR count). The summed E-state index contributed by atoms with van der Waals surface area (Å²) in [7, 11) is 0. The first kappa shape index (κ1) is 22.7. The summed E-state index contributed by atoms with van der Waals surface area (Å²) < 4.78 is 0. The molecule has 0 aromatic heterocycles. The fraction of sp³-hybridized carbons (Fsp3) is 0.440. The first-order valence-corrected chi connectivity index (χ1v) is 10.7. The molecule has 0 amide bonds. The number of hydrogen-bond acceptors (Lipinski definition) is 2. The van der Waals surface area contributed by atoms with Gasteiger partial charge in [-0.15, -0.1) is 0 Å². The van der Waals surface area contributed by atoms with Crippen LogP contribution in [0.25, 0.3) is 11.1 Å². The van der Waals surface area contributed by atoms with Gasteiger partial charge in [0.1, 0.15) is 0 Å². The summed E-state index contributed by atoms with van der Waals surface area (Å²) in [5.41, 5.74) is 2.04. The fourth-order valence-corrected chi connectivity index (χ4v) is 3.69. The lowest BCUT2D eigenvalue weighted by Crippen LogP contribution is -2.09. The molecule has 0 saturated heterocycles. The summed E-state index contributed by atoms with van der Waals surface area (Å²) >= 11 is 0. The summed E-state index contributed by atoms with van der Waals surface area (Å²) in [5, 5.41) is 18.8. The number of carboxylic acids is 2. The number of rotatable bonds is 13. The van der Waals surface area contributed by atoms with Crippen molar-refractivity contribution in [3.05, 3.63) is 59.2 Å². The number of aryl methyl sites for hydroxylation is 1. The summed E-state index contributed by atoms with van der Waals surface area (Å²) in [5.74, 6) is -2.46. The second-order valence-corrected chi connectivity index (χ2v) is 7.61. The van der Waals surface area contributed by atoms with E-state index in [1.54, 1.807) is 12.1 Å². The molecule has 0 aliphatic heterocycles. The van der Waals surface area contributed by atoms with Crippen LogP contribution in [0.3, 0.4) is 0 Å². The van der Waals surface area contributed by atoms with Gasteiger partial charge in [-0.1, -0.05) is 94.7 Å². The molecule has 0 fully saturated rings. The van der Waals surface area contributed by atoms with Crippen molar-refractivity contribution < 1.29 is 19.8 Å². The Morgan fingerprint density at radius 3 is 1.86 bits per heavy atom. The lowest BCUT2D eigenvalue weighted by molar-refractivity contribution is 0.0652. The third-order valence-electron chi connectivity index (χ3n) is 5.34. The van der Waals surface area contributed by atoms with Crippen LogP contribution in [0.2, 0.25) is 0 Å². The van der Waals surface area contributed by atoms with E-state index in [2.05, 4.69) is 6.92 Å². The standard InChI is InChI=1S/C25H32O4/c1-2-3-4-5-6-7-8-9-10-12-19-15-17-20(18-16-19)21-13-11-14-22(24(26)27)23(21)25(28)29/h11,13-18H,2-10,12H2,1H3,(H,26,27)(H,28,29). The Labute approximate surface area is 173 Å². The first-order chi connectivity index (χ1) is 14.0. The van der Waals surface area contributed by atoms with Gasteiger partial charge in [0.05, 0.1) is 11.1 Å². The van der Waals surface area contributed by atoms with Crippen LogP contribution in [0.4, 0.5) is 0 Å². The topological polar surface area (TPSA) is 74.6 Å². The second-order valence-electron chi connectivity index (χ2n) is 7.61. The van der Waals surface area contributed by atoms with Crippen LogP contribution >= 0.6 is 0 Å². The zero-order valence-electron chi connectivity index (χ0n) is 17.3. The number of carbonyl (C=O) groups is 2. The van der Waals surface area contributed by atoms with E-state index in [0.717, 1.165) is 18.4 Å². The third-order valence-corrected chi connectivity index (χ3v) is 5.34. The van der Waals surface area contributed by atoms with Crippen molar-refractivity contribution in [2.75, 3.05) is 0 Å². The Kier molecular flexibility index (Phi) is 9.42. The zero-order valence-corrected chi connectivity index (χ0v) is 17.3. The summed E-state index contributed by atoms with van der Waals surface area (Å²) in [4.78, 5) is 23.0. The van der Waals surface area contributed by atoms with Crippen LogP contribution in [-0.2, 0) is 6.42 Å². The van der Waals surface area contributed by atoms with Gasteiger partial charge in [0.2, 0.25) is 0 Å². The predicted octanol–water partition coefficient (Wildman–Crippen LogP) is 6.82. The quantitative estimate of drug-likeness (QED) is 0.364. The average Bonchev–Trinajstić information content (AvgIpc) is 2.72. The molecule has 4 nitrogen and oxygen atoms in total. The number of aromatic carboxylic acids is 2. The highest BCUT2D eigenvalue weighted by Crippen LogP contribution is 2.27. The lowest BCUT2D eigenvalue weighted by Gasteiger charge is -2.10. The zero-order chi connectivity index (χ0) is 21.1. The Hall–Kier alpha value is -2.62. The minimum atomic E-state index is -1.23. The molecule has 0 aliphatic rings. The maximum Gasteiger partial charge on any atom is 0.337 e. The van der Waals surface area contributed by atoms with Crippen LogP contribution in [0.5, 0.6) is 0 Å². The van der Waals surface area contributed by atoms with Crippen molar-refractivity contribution in [1.82, 2.24) is 0 Å². The molecule has 156 valence electrons. The highest BCUT2D eigenvalue weighted by Gasteiger charge is 2.20. The summed E-state index contributed by atoms with van der Waals surface area (Å²) in [6.45, 7) is 2.24. The van der Waals surface area contributed by atoms with Crippen LogP contribution in [0, 0.1) is 0 Å². The van der Waals surface area contributed by atoms with Gasteiger partial charge in [0, 0.05) is 0 Å². The number of unbranched alkanes of at least 4 members (excludes halogenated alkanes) is 8. The highest BCUT2D eigenvalue weighted by atomic mass is 16.4. The van der Waals surface area contributed by atoms with Gasteiger partial charge in [0.25, 0.3) is 0 Å². The van der Waals surface area contributed by atoms with Gasteiger partial charge in [-0.2, -0.15) is 0 Å². The number of carboxylic acid groups (broad SMARTS) is 2. The van der Waals surface area contributed by atoms with Gasteiger partial charge < -0.3 is 10.2 Å². The van der Waals surface area contributed by atoms with Gasteiger partial charge in [-0.05, 0) is 35.6 Å². The Morgan fingerprint density at radius 2 is 1.31 bits per heavy atom. The minimum absolute atomic E-state index is 0.160. The number of benzene rings is 2. The first-order valence-electron chi connectivity index (χ1n) is 10.7. The Bertz CT molecular complexity index is 793. The van der Waals surface area contributed by atoms with E-state index >= 15 is 0 Å². The summed E-state index contributed by atoms with van der Waals surface area (Å²) in [6.07, 6.45) is 12.7. The summed E-state index contributed by atoms with van der Waals surface area (Å²) in [6, 6.07) is 12.4. The van der Waals surface area contributed by atoms with Crippen molar-refractivity contribution in [3.63, 3.8) is 0 Å². The second kappa shape index (κ2) is 12.1. The molecule has 2 N–H and O–H groups in total. The molecule has 0 aliphatic carbocycles. The monoisotopic (exact) mass is 396 g/mol. The minimum Gasteiger partial charge on any atom is -0.478 e. The Morgan fingerprint density at radius 1 is 0.724 bits per heavy atom. The maximum atomic E-state index is 11.6. The molecule has 2 aromatic rings. The number of hydrogen-bond donors (Lipinski definition) is 2. The molecule has 0 bridgehead atoms. The molecule has 0 heterocycles. The molecular formula is C25H32O4. The van der Waals surface area contributed by atoms with Crippen molar-refractivity contribution in [2.24, 2.45) is 0 Å². The average molecular weight is 397 g/mol. The fourth-order valence-electron chi connectivity index (χ4n) is 3.69. The van der Waals surface area contributed by atoms with Gasteiger partial charge in [-0.25, -0.2) is 9.59 Å². The SMILES string of the molecule is CCCCCCCCCCCc1ccc(-c2cccc(C(=O)O)c2C(=O)O)cc1. The molecule has 0 unspecified atom stereocenters. The molecule has 0 saturated carbocycles. The van der Waals surface area contributed by atoms with Crippen LogP contribution in [-0.4, -0.2) is 22.2 Å². The maximum absolute atomic E-state index is 11.6. The van der Waals surface area contributed by atoms with E-state index < -0.39 is 11.9 Å². The van der Waals surface area contributed by atoms with Crippen molar-refractivity contribution in [3.8, 4) is 11.1 Å². The van der Waals surface area contributed by atoms with Gasteiger partial charge >= 0.3 is 11.9 Å². The molecule has 29 heavy (non-hydrogen) atoms. The molecule has 0 spiro atoms. The van der Waals surface area contributed by atoms with E-state index in [0.29, 0.717) is 5.56 Å². The molecule has 0 radical (unpaired) electrons. The van der Waals surface area contributed by atoms with Gasteiger partial charge in [0.15, 0.2) is 0 Å². The van der Waals surface area contributed by atoms with E-state index in [9.17, 15) is 19.8 Å². The van der Waals surface area contributed by atoms with Crippen LogP contribution in [0.1, 0.15) is 91.0 Å². The van der Waals surface area contributed by atoms with E-state index in [1.807, 2.05) is 24.3 Å². The smallest absolute Gasteiger partial charge is 0.337 e. The normalized spacial score (nSPS) is 10.8. The molecular weight excluding hydrogens is 364 g/mol. The molecule has 4 heteroatoms.